The number of hydrogen-bond acceptors (Lipinski definition) is 5. The molecule has 0 fully saturated rings. The summed E-state index contributed by atoms with van der Waals surface area (Å²) in [6.07, 6.45) is 6.82. The van der Waals surface area contributed by atoms with E-state index in [1.807, 2.05) is 30.3 Å². The van der Waals surface area contributed by atoms with Crippen molar-refractivity contribution >= 4 is 17.8 Å². The highest BCUT2D eigenvalue weighted by molar-refractivity contribution is 6.09. The fourth-order valence-corrected chi connectivity index (χ4v) is 3.18. The lowest BCUT2D eigenvalue weighted by Gasteiger charge is -2.07. The summed E-state index contributed by atoms with van der Waals surface area (Å²) in [5.74, 6) is 0.492. The minimum absolute atomic E-state index is 0.118. The predicted octanol–water partition coefficient (Wildman–Crippen LogP) is 5.47. The maximum absolute atomic E-state index is 12.7. The van der Waals surface area contributed by atoms with Crippen molar-refractivity contribution in [1.82, 2.24) is 0 Å². The van der Waals surface area contributed by atoms with Crippen LogP contribution in [-0.4, -0.2) is 30.1 Å². The van der Waals surface area contributed by atoms with Crippen molar-refractivity contribution in [1.29, 1.82) is 0 Å². The largest absolute Gasteiger partial charge is 0.494 e. The van der Waals surface area contributed by atoms with Crippen LogP contribution in [0.3, 0.4) is 0 Å². The number of esters is 1. The zero-order valence-corrected chi connectivity index (χ0v) is 18.5. The van der Waals surface area contributed by atoms with Crippen molar-refractivity contribution in [3.8, 4) is 11.5 Å². The van der Waals surface area contributed by atoms with Gasteiger partial charge in [0.15, 0.2) is 5.78 Å². The minimum Gasteiger partial charge on any atom is -0.494 e. The normalized spacial score (nSPS) is 10.8. The Morgan fingerprint density at radius 2 is 1.33 bits per heavy atom. The molecule has 0 saturated heterocycles. The zero-order valence-electron chi connectivity index (χ0n) is 18.5. The Hall–Kier alpha value is -3.70. The lowest BCUT2D eigenvalue weighted by molar-refractivity contribution is -0.128. The summed E-state index contributed by atoms with van der Waals surface area (Å²) < 4.78 is 11.0. The fraction of sp³-hybridized carbons (Fsp3) is 0.214. The molecule has 0 radical (unpaired) electrons. The molecule has 0 atom stereocenters. The second-order valence-electron chi connectivity index (χ2n) is 7.53. The third-order valence-electron chi connectivity index (χ3n) is 4.98. The van der Waals surface area contributed by atoms with Gasteiger partial charge in [0.2, 0.25) is 0 Å². The van der Waals surface area contributed by atoms with Crippen molar-refractivity contribution in [3.05, 3.63) is 102 Å². The van der Waals surface area contributed by atoms with Crippen LogP contribution in [0.2, 0.25) is 0 Å². The third kappa shape index (κ3) is 8.05. The molecule has 1 N–H and O–H groups in total. The smallest absolute Gasteiger partial charge is 0.336 e. The fourth-order valence-electron chi connectivity index (χ4n) is 3.18. The van der Waals surface area contributed by atoms with Crippen LogP contribution in [0, 0.1) is 0 Å². The number of ketones is 1. The number of hydrogen-bond donors (Lipinski definition) is 1. The lowest BCUT2D eigenvalue weighted by Crippen LogP contribution is -2.05. The molecule has 0 heterocycles. The van der Waals surface area contributed by atoms with E-state index < -0.39 is 5.97 Å². The van der Waals surface area contributed by atoms with Crippen molar-refractivity contribution in [2.24, 2.45) is 0 Å². The first-order chi connectivity index (χ1) is 16.2. The number of ether oxygens (including phenoxy) is 2. The first-order valence-corrected chi connectivity index (χ1v) is 11.1. The van der Waals surface area contributed by atoms with E-state index in [0.29, 0.717) is 23.5 Å². The Labute approximate surface area is 194 Å². The monoisotopic (exact) mass is 444 g/mol. The van der Waals surface area contributed by atoms with E-state index in [0.717, 1.165) is 37.0 Å². The molecular formula is C28H28O5. The first-order valence-electron chi connectivity index (χ1n) is 11.1. The van der Waals surface area contributed by atoms with Crippen LogP contribution in [0.25, 0.3) is 6.08 Å². The molecule has 0 unspecified atom stereocenters. The molecule has 0 amide bonds. The Balaban J connectivity index is 1.49. The molecule has 170 valence electrons. The summed E-state index contributed by atoms with van der Waals surface area (Å²) in [6, 6.07) is 23.0. The molecule has 0 bridgehead atoms. The summed E-state index contributed by atoms with van der Waals surface area (Å²) in [5, 5.41) is 8.78. The Morgan fingerprint density at radius 1 is 0.727 bits per heavy atom. The predicted molar refractivity (Wildman–Crippen MR) is 128 cm³/mol. The van der Waals surface area contributed by atoms with Crippen LogP contribution < -0.4 is 9.47 Å². The van der Waals surface area contributed by atoms with Crippen LogP contribution in [0.15, 0.2) is 84.9 Å². The van der Waals surface area contributed by atoms with E-state index in [4.69, 9.17) is 14.6 Å². The SMILES string of the molecule is O=C(C=Cc1ccccc1)Oc1ccc(C(=O)c2ccc(OCCCCCCO)cc2)cc1. The molecule has 5 nitrogen and oxygen atoms in total. The van der Waals surface area contributed by atoms with Crippen LogP contribution in [0.4, 0.5) is 0 Å². The molecule has 3 rings (SSSR count). The molecule has 0 aliphatic carbocycles. The summed E-state index contributed by atoms with van der Waals surface area (Å²) in [7, 11) is 0. The Kier molecular flexibility index (Phi) is 9.43. The number of carbonyl (C=O) groups is 2. The molecule has 0 aromatic heterocycles. The van der Waals surface area contributed by atoms with E-state index in [1.165, 1.54) is 6.08 Å². The molecule has 0 spiro atoms. The van der Waals surface area contributed by atoms with Gasteiger partial charge >= 0.3 is 5.97 Å². The molecule has 3 aromatic carbocycles. The minimum atomic E-state index is -0.484. The van der Waals surface area contributed by atoms with Crippen molar-refractivity contribution in [2.45, 2.75) is 25.7 Å². The van der Waals surface area contributed by atoms with E-state index in [2.05, 4.69) is 0 Å². The maximum Gasteiger partial charge on any atom is 0.336 e. The van der Waals surface area contributed by atoms with Crippen LogP contribution >= 0.6 is 0 Å². The second-order valence-corrected chi connectivity index (χ2v) is 7.53. The highest BCUT2D eigenvalue weighted by atomic mass is 16.5. The summed E-state index contributed by atoms with van der Waals surface area (Å²) in [5.41, 5.74) is 1.97. The van der Waals surface area contributed by atoms with Crippen LogP contribution in [0.5, 0.6) is 11.5 Å². The van der Waals surface area contributed by atoms with Crippen LogP contribution in [-0.2, 0) is 4.79 Å². The Morgan fingerprint density at radius 3 is 1.97 bits per heavy atom. The summed E-state index contributed by atoms with van der Waals surface area (Å²) in [6.45, 7) is 0.843. The van der Waals surface area contributed by atoms with Gasteiger partial charge in [-0.25, -0.2) is 4.79 Å². The van der Waals surface area contributed by atoms with Gasteiger partial charge < -0.3 is 14.6 Å². The number of carbonyl (C=O) groups excluding carboxylic acids is 2. The molecule has 3 aromatic rings. The van der Waals surface area contributed by atoms with Crippen molar-refractivity contribution in [2.75, 3.05) is 13.2 Å². The quantitative estimate of drug-likeness (QED) is 0.132. The number of unbranched alkanes of at least 4 members (excludes halogenated alkanes) is 3. The molecule has 0 saturated carbocycles. The molecular weight excluding hydrogens is 416 g/mol. The second kappa shape index (κ2) is 13.0. The average Bonchev–Trinajstić information content (AvgIpc) is 2.86. The van der Waals surface area contributed by atoms with E-state index >= 15 is 0 Å². The molecule has 0 aliphatic heterocycles. The number of aliphatic hydroxyl groups excluding tert-OH is 1. The van der Waals surface area contributed by atoms with Gasteiger partial charge in [-0.05, 0) is 79.4 Å². The Bertz CT molecular complexity index is 1040. The zero-order chi connectivity index (χ0) is 23.3. The van der Waals surface area contributed by atoms with Gasteiger partial charge in [0.05, 0.1) is 6.61 Å². The van der Waals surface area contributed by atoms with Crippen molar-refractivity contribution < 1.29 is 24.2 Å². The van der Waals surface area contributed by atoms with Gasteiger partial charge in [0.25, 0.3) is 0 Å². The number of benzene rings is 3. The standard InChI is InChI=1S/C28H28O5/c29-20-6-1-2-7-21-32-25-15-11-23(12-16-25)28(31)24-13-17-26(18-14-24)33-27(30)19-10-22-8-4-3-5-9-22/h3-5,8-19,29H,1-2,6-7,20-21H2. The highest BCUT2D eigenvalue weighted by Crippen LogP contribution is 2.19. The van der Waals surface area contributed by atoms with E-state index in [1.54, 1.807) is 54.6 Å². The maximum atomic E-state index is 12.7. The summed E-state index contributed by atoms with van der Waals surface area (Å²) >= 11 is 0. The average molecular weight is 445 g/mol. The lowest BCUT2D eigenvalue weighted by atomic mass is 10.0. The third-order valence-corrected chi connectivity index (χ3v) is 4.98. The number of aliphatic hydroxyl groups is 1. The van der Waals surface area contributed by atoms with E-state index in [-0.39, 0.29) is 12.4 Å². The van der Waals surface area contributed by atoms with Gasteiger partial charge in [0.1, 0.15) is 11.5 Å². The molecule has 0 aliphatic rings. The van der Waals surface area contributed by atoms with Gasteiger partial charge in [-0.2, -0.15) is 0 Å². The summed E-state index contributed by atoms with van der Waals surface area (Å²) in [4.78, 5) is 24.7. The van der Waals surface area contributed by atoms with Crippen LogP contribution in [0.1, 0.15) is 47.2 Å². The van der Waals surface area contributed by atoms with E-state index in [9.17, 15) is 9.59 Å². The van der Waals surface area contributed by atoms with Gasteiger partial charge in [-0.1, -0.05) is 36.8 Å². The topological polar surface area (TPSA) is 72.8 Å². The highest BCUT2D eigenvalue weighted by Gasteiger charge is 2.10. The van der Waals surface area contributed by atoms with Gasteiger partial charge in [-0.15, -0.1) is 0 Å². The number of rotatable bonds is 12. The molecule has 5 heteroatoms. The van der Waals surface area contributed by atoms with Gasteiger partial charge in [-0.3, -0.25) is 4.79 Å². The molecule has 33 heavy (non-hydrogen) atoms. The first kappa shape index (κ1) is 24.0. The van der Waals surface area contributed by atoms with Crippen molar-refractivity contribution in [3.63, 3.8) is 0 Å². The van der Waals surface area contributed by atoms with Gasteiger partial charge in [0, 0.05) is 23.8 Å².